The lowest BCUT2D eigenvalue weighted by Crippen LogP contribution is -2.30. The fraction of sp³-hybridized carbons (Fsp3) is 0.471. The van der Waals surface area contributed by atoms with Gasteiger partial charge in [-0.15, -0.1) is 0 Å². The Morgan fingerprint density at radius 1 is 1.46 bits per heavy atom. The molecule has 1 N–H and O–H groups in total. The summed E-state index contributed by atoms with van der Waals surface area (Å²) in [5.74, 6) is 0.212. The number of aryl methyl sites for hydroxylation is 1. The van der Waals surface area contributed by atoms with Crippen molar-refractivity contribution in [2.45, 2.75) is 31.8 Å². The molecule has 142 valence electrons. The molecule has 2 heterocycles. The van der Waals surface area contributed by atoms with Crippen LogP contribution in [0, 0.1) is 6.92 Å². The largest absolute Gasteiger partial charge is 0.508 e. The highest BCUT2D eigenvalue weighted by molar-refractivity contribution is 5.60. The molecule has 0 amide bonds. The van der Waals surface area contributed by atoms with Crippen LogP contribution in [0.2, 0.25) is 0 Å². The molecule has 0 unspecified atom stereocenters. The van der Waals surface area contributed by atoms with Gasteiger partial charge in [-0.05, 0) is 6.92 Å². The standard InChI is InChI=1S/C17H22N2O7/c1-4-6-23-15-11(3)9-19(16(21)18-15)14-8-12(13(10-20)25-14)26-17(22)24-7-5-2/h4-5,9,12-14,20H,1-2,6-8,10H2,3H3/t12-,13+,14+/m0/s1. The summed E-state index contributed by atoms with van der Waals surface area (Å²) in [5.41, 5.74) is 0.0524. The normalized spacial score (nSPS) is 21.8. The van der Waals surface area contributed by atoms with Crippen LogP contribution in [-0.2, 0) is 14.2 Å². The number of rotatable bonds is 8. The first-order chi connectivity index (χ1) is 12.5. The molecule has 0 radical (unpaired) electrons. The fourth-order valence-electron chi connectivity index (χ4n) is 2.49. The molecule has 0 spiro atoms. The fourth-order valence-corrected chi connectivity index (χ4v) is 2.49. The molecule has 26 heavy (non-hydrogen) atoms. The molecule has 0 aliphatic carbocycles. The quantitative estimate of drug-likeness (QED) is 0.538. The van der Waals surface area contributed by atoms with E-state index >= 15 is 0 Å². The van der Waals surface area contributed by atoms with E-state index in [1.165, 1.54) is 10.6 Å². The van der Waals surface area contributed by atoms with E-state index < -0.39 is 30.3 Å². The number of ether oxygens (including phenoxy) is 4. The summed E-state index contributed by atoms with van der Waals surface area (Å²) in [6.45, 7) is 8.57. The maximum absolute atomic E-state index is 12.3. The van der Waals surface area contributed by atoms with Crippen LogP contribution in [0.4, 0.5) is 4.79 Å². The van der Waals surface area contributed by atoms with Gasteiger partial charge in [0, 0.05) is 18.2 Å². The van der Waals surface area contributed by atoms with Gasteiger partial charge in [0.25, 0.3) is 0 Å². The minimum Gasteiger partial charge on any atom is -0.473 e. The molecular weight excluding hydrogens is 344 g/mol. The second-order valence-corrected chi connectivity index (χ2v) is 5.57. The Morgan fingerprint density at radius 2 is 2.19 bits per heavy atom. The van der Waals surface area contributed by atoms with Crippen molar-refractivity contribution in [1.82, 2.24) is 9.55 Å². The molecule has 1 aliphatic heterocycles. The van der Waals surface area contributed by atoms with Gasteiger partial charge < -0.3 is 24.1 Å². The predicted octanol–water partition coefficient (Wildman–Crippen LogP) is 1.10. The Hall–Kier alpha value is -2.65. The molecule has 0 saturated carbocycles. The van der Waals surface area contributed by atoms with Gasteiger partial charge in [-0.1, -0.05) is 25.3 Å². The monoisotopic (exact) mass is 366 g/mol. The lowest BCUT2D eigenvalue weighted by atomic mass is 10.2. The zero-order valence-electron chi connectivity index (χ0n) is 14.5. The van der Waals surface area contributed by atoms with Crippen molar-refractivity contribution in [2.24, 2.45) is 0 Å². The third kappa shape index (κ3) is 4.70. The second kappa shape index (κ2) is 9.16. The smallest absolute Gasteiger partial charge is 0.473 e. The van der Waals surface area contributed by atoms with Crippen molar-refractivity contribution >= 4 is 6.16 Å². The SMILES string of the molecule is C=CCOC(=O)O[C@H]1C[C@H](n2cc(C)c(OCC=C)nc2=O)O[C@@H]1CO. The third-order valence-electron chi connectivity index (χ3n) is 3.66. The molecule has 3 atom stereocenters. The Morgan fingerprint density at radius 3 is 2.85 bits per heavy atom. The number of nitrogens with zero attached hydrogens (tertiary/aromatic N) is 2. The maximum Gasteiger partial charge on any atom is 0.508 e. The predicted molar refractivity (Wildman–Crippen MR) is 91.0 cm³/mol. The van der Waals surface area contributed by atoms with Gasteiger partial charge in [0.05, 0.1) is 6.61 Å². The van der Waals surface area contributed by atoms with E-state index in [4.69, 9.17) is 18.9 Å². The number of aliphatic hydroxyl groups excluding tert-OH is 1. The molecule has 2 rings (SSSR count). The van der Waals surface area contributed by atoms with Crippen LogP contribution in [0.1, 0.15) is 18.2 Å². The number of carbonyl (C=O) groups excluding carboxylic acids is 1. The highest BCUT2D eigenvalue weighted by Crippen LogP contribution is 2.30. The number of aromatic nitrogens is 2. The van der Waals surface area contributed by atoms with Gasteiger partial charge in [-0.25, -0.2) is 9.59 Å². The Bertz CT molecular complexity index is 716. The summed E-state index contributed by atoms with van der Waals surface area (Å²) >= 11 is 0. The van der Waals surface area contributed by atoms with Crippen molar-refractivity contribution in [3.05, 3.63) is 47.6 Å². The van der Waals surface area contributed by atoms with Crippen LogP contribution in [0.5, 0.6) is 5.88 Å². The first-order valence-corrected chi connectivity index (χ1v) is 8.04. The highest BCUT2D eigenvalue weighted by Gasteiger charge is 2.39. The molecule has 0 aromatic carbocycles. The highest BCUT2D eigenvalue weighted by atomic mass is 16.7. The topological polar surface area (TPSA) is 109 Å². The molecule has 9 heteroatoms. The minimum atomic E-state index is -0.896. The van der Waals surface area contributed by atoms with Gasteiger partial charge in [0.2, 0.25) is 5.88 Å². The van der Waals surface area contributed by atoms with E-state index in [1.54, 1.807) is 19.2 Å². The summed E-state index contributed by atoms with van der Waals surface area (Å²) < 4.78 is 22.1. The zero-order valence-corrected chi connectivity index (χ0v) is 14.5. The summed E-state index contributed by atoms with van der Waals surface area (Å²) in [5, 5.41) is 9.45. The lowest BCUT2D eigenvalue weighted by molar-refractivity contribution is -0.0566. The van der Waals surface area contributed by atoms with Crippen molar-refractivity contribution < 1.29 is 28.8 Å². The van der Waals surface area contributed by atoms with Crippen molar-refractivity contribution in [1.29, 1.82) is 0 Å². The molecule has 1 saturated heterocycles. The van der Waals surface area contributed by atoms with Crippen LogP contribution in [-0.4, -0.2) is 52.8 Å². The van der Waals surface area contributed by atoms with Crippen LogP contribution < -0.4 is 10.4 Å². The molecule has 1 aromatic rings. The lowest BCUT2D eigenvalue weighted by Gasteiger charge is -2.16. The summed E-state index contributed by atoms with van der Waals surface area (Å²) in [7, 11) is 0. The van der Waals surface area contributed by atoms with Gasteiger partial charge >= 0.3 is 11.8 Å². The first kappa shape index (κ1) is 19.7. The van der Waals surface area contributed by atoms with Gasteiger partial charge in [-0.2, -0.15) is 4.98 Å². The number of hydrogen-bond donors (Lipinski definition) is 1. The third-order valence-corrected chi connectivity index (χ3v) is 3.66. The average molecular weight is 366 g/mol. The van der Waals surface area contributed by atoms with Gasteiger partial charge in [0.15, 0.2) is 0 Å². The van der Waals surface area contributed by atoms with Crippen molar-refractivity contribution in [3.63, 3.8) is 0 Å². The Balaban J connectivity index is 2.13. The van der Waals surface area contributed by atoms with Gasteiger partial charge in [0.1, 0.15) is 31.6 Å². The van der Waals surface area contributed by atoms with E-state index in [-0.39, 0.29) is 32.1 Å². The van der Waals surface area contributed by atoms with E-state index in [0.717, 1.165) is 0 Å². The van der Waals surface area contributed by atoms with E-state index in [9.17, 15) is 14.7 Å². The van der Waals surface area contributed by atoms with Gasteiger partial charge in [-0.3, -0.25) is 4.57 Å². The van der Waals surface area contributed by atoms with Crippen LogP contribution >= 0.6 is 0 Å². The average Bonchev–Trinajstić information content (AvgIpc) is 3.02. The van der Waals surface area contributed by atoms with Crippen LogP contribution in [0.25, 0.3) is 0 Å². The Kier molecular flexibility index (Phi) is 6.93. The van der Waals surface area contributed by atoms with E-state index in [1.807, 2.05) is 0 Å². The number of hydrogen-bond acceptors (Lipinski definition) is 8. The minimum absolute atomic E-state index is 0.00831. The summed E-state index contributed by atoms with van der Waals surface area (Å²) in [6.07, 6.45) is 1.50. The molecule has 9 nitrogen and oxygen atoms in total. The molecule has 1 fully saturated rings. The number of carbonyl (C=O) groups is 1. The van der Waals surface area contributed by atoms with E-state index in [2.05, 4.69) is 18.1 Å². The van der Waals surface area contributed by atoms with E-state index in [0.29, 0.717) is 5.56 Å². The maximum atomic E-state index is 12.3. The zero-order chi connectivity index (χ0) is 19.1. The number of aliphatic hydroxyl groups is 1. The van der Waals surface area contributed by atoms with Crippen molar-refractivity contribution in [3.8, 4) is 5.88 Å². The summed E-state index contributed by atoms with van der Waals surface area (Å²) in [4.78, 5) is 27.7. The second-order valence-electron chi connectivity index (χ2n) is 5.57. The Labute approximate surface area is 150 Å². The van der Waals surface area contributed by atoms with Crippen LogP contribution in [0.3, 0.4) is 0 Å². The summed E-state index contributed by atoms with van der Waals surface area (Å²) in [6, 6.07) is 0. The first-order valence-electron chi connectivity index (χ1n) is 8.04. The molecule has 0 bridgehead atoms. The van der Waals surface area contributed by atoms with Crippen LogP contribution in [0.15, 0.2) is 36.3 Å². The molecular formula is C17H22N2O7. The molecule has 1 aromatic heterocycles. The van der Waals surface area contributed by atoms with Crippen molar-refractivity contribution in [2.75, 3.05) is 19.8 Å². The molecule has 1 aliphatic rings.